The Balaban J connectivity index is 1.53. The van der Waals surface area contributed by atoms with Crippen molar-refractivity contribution in [1.82, 2.24) is 9.80 Å². The molecule has 150 valence electrons. The monoisotopic (exact) mass is 386 g/mol. The molecule has 0 radical (unpaired) electrons. The van der Waals surface area contributed by atoms with Gasteiger partial charge in [0.05, 0.1) is 0 Å². The van der Waals surface area contributed by atoms with Gasteiger partial charge in [-0.2, -0.15) is 0 Å². The minimum absolute atomic E-state index is 0.0148. The molecule has 2 saturated heterocycles. The van der Waals surface area contributed by atoms with Crippen molar-refractivity contribution in [2.45, 2.75) is 32.1 Å². The molecule has 3 rings (SSSR count). The van der Waals surface area contributed by atoms with E-state index in [0.717, 1.165) is 25.7 Å². The number of hydrogen-bond acceptors (Lipinski definition) is 4. The molecular weight excluding hydrogens is 360 g/mol. The molecule has 8 heteroatoms. The standard InChI is InChI=1S/C20H26N4O4/c21-18(22)14-1-3-15(4-2-14)19(28)24-11-7-20(8-12-24)5-9-23(10-6-20)16(25)13-17(26)27/h1-4H,5-13H2,(H3,21,22)(H,26,27). The minimum Gasteiger partial charge on any atom is -0.481 e. The number of carbonyl (C=O) groups is 3. The Kier molecular flexibility index (Phi) is 5.67. The summed E-state index contributed by atoms with van der Waals surface area (Å²) in [5.41, 5.74) is 6.77. The number of piperidine rings is 2. The maximum Gasteiger partial charge on any atom is 0.312 e. The zero-order valence-corrected chi connectivity index (χ0v) is 15.8. The Labute approximate surface area is 163 Å². The summed E-state index contributed by atoms with van der Waals surface area (Å²) in [6, 6.07) is 6.78. The molecule has 0 aliphatic carbocycles. The number of amides is 2. The molecule has 2 fully saturated rings. The highest BCUT2D eigenvalue weighted by molar-refractivity contribution is 5.98. The molecular formula is C20H26N4O4. The summed E-state index contributed by atoms with van der Waals surface area (Å²) in [6.45, 7) is 2.53. The van der Waals surface area contributed by atoms with Gasteiger partial charge in [0.15, 0.2) is 0 Å². The number of carbonyl (C=O) groups excluding carboxylic acids is 2. The van der Waals surface area contributed by atoms with Gasteiger partial charge < -0.3 is 20.6 Å². The number of nitrogens with one attached hydrogen (secondary N) is 1. The minimum atomic E-state index is -1.09. The van der Waals surface area contributed by atoms with E-state index < -0.39 is 12.4 Å². The Hall–Kier alpha value is -2.90. The van der Waals surface area contributed by atoms with Crippen LogP contribution >= 0.6 is 0 Å². The third-order valence-electron chi connectivity index (χ3n) is 6.03. The molecule has 1 aromatic rings. The van der Waals surface area contributed by atoms with E-state index in [2.05, 4.69) is 0 Å². The Morgan fingerprint density at radius 2 is 1.39 bits per heavy atom. The predicted molar refractivity (Wildman–Crippen MR) is 103 cm³/mol. The lowest BCUT2D eigenvalue weighted by Gasteiger charge is -2.46. The van der Waals surface area contributed by atoms with Gasteiger partial charge in [-0.05, 0) is 43.2 Å². The second kappa shape index (κ2) is 8.00. The molecule has 0 aromatic heterocycles. The first-order chi connectivity index (χ1) is 13.3. The highest BCUT2D eigenvalue weighted by Crippen LogP contribution is 2.41. The van der Waals surface area contributed by atoms with Gasteiger partial charge in [-0.25, -0.2) is 0 Å². The topological polar surface area (TPSA) is 128 Å². The van der Waals surface area contributed by atoms with Gasteiger partial charge in [0.1, 0.15) is 12.3 Å². The van der Waals surface area contributed by atoms with Crippen molar-refractivity contribution >= 4 is 23.6 Å². The molecule has 0 bridgehead atoms. The van der Waals surface area contributed by atoms with Crippen LogP contribution in [0.15, 0.2) is 24.3 Å². The SMILES string of the molecule is N=C(N)c1ccc(C(=O)N2CCC3(CCN(C(=O)CC(=O)O)CC3)CC2)cc1. The Morgan fingerprint density at radius 1 is 0.929 bits per heavy atom. The van der Waals surface area contributed by atoms with Crippen LogP contribution in [0.2, 0.25) is 0 Å². The number of rotatable bonds is 4. The predicted octanol–water partition coefficient (Wildman–Crippen LogP) is 1.29. The Bertz CT molecular complexity index is 772. The number of amidine groups is 1. The average molecular weight is 386 g/mol. The fourth-order valence-corrected chi connectivity index (χ4v) is 4.13. The number of hydrogen-bond donors (Lipinski definition) is 3. The lowest BCUT2D eigenvalue weighted by atomic mass is 9.71. The summed E-state index contributed by atoms with van der Waals surface area (Å²) in [7, 11) is 0. The number of carboxylic acids is 1. The smallest absolute Gasteiger partial charge is 0.312 e. The molecule has 2 aliphatic rings. The summed E-state index contributed by atoms with van der Waals surface area (Å²) in [6.07, 6.45) is 3.05. The van der Waals surface area contributed by atoms with Crippen LogP contribution in [0.1, 0.15) is 48.0 Å². The van der Waals surface area contributed by atoms with Crippen molar-refractivity contribution in [3.05, 3.63) is 35.4 Å². The van der Waals surface area contributed by atoms with Gasteiger partial charge in [0.2, 0.25) is 5.91 Å². The zero-order valence-electron chi connectivity index (χ0n) is 15.8. The second-order valence-electron chi connectivity index (χ2n) is 7.73. The molecule has 4 N–H and O–H groups in total. The first kappa shape index (κ1) is 19.9. The van der Waals surface area contributed by atoms with E-state index in [1.807, 2.05) is 4.90 Å². The van der Waals surface area contributed by atoms with E-state index in [1.165, 1.54) is 0 Å². The van der Waals surface area contributed by atoms with Crippen LogP contribution < -0.4 is 5.73 Å². The first-order valence-electron chi connectivity index (χ1n) is 9.53. The fraction of sp³-hybridized carbons (Fsp3) is 0.500. The van der Waals surface area contributed by atoms with Crippen molar-refractivity contribution in [3.63, 3.8) is 0 Å². The van der Waals surface area contributed by atoms with Crippen LogP contribution in [-0.2, 0) is 9.59 Å². The van der Waals surface area contributed by atoms with E-state index in [4.69, 9.17) is 16.2 Å². The average Bonchev–Trinajstić information content (AvgIpc) is 2.68. The lowest BCUT2D eigenvalue weighted by Crippen LogP contribution is -2.49. The molecule has 1 aromatic carbocycles. The van der Waals surface area contributed by atoms with E-state index in [0.29, 0.717) is 37.3 Å². The normalized spacial score (nSPS) is 18.7. The lowest BCUT2D eigenvalue weighted by molar-refractivity contribution is -0.145. The summed E-state index contributed by atoms with van der Waals surface area (Å²) >= 11 is 0. The number of benzene rings is 1. The zero-order chi connectivity index (χ0) is 20.3. The summed E-state index contributed by atoms with van der Waals surface area (Å²) < 4.78 is 0. The molecule has 0 saturated carbocycles. The van der Waals surface area contributed by atoms with E-state index in [1.54, 1.807) is 29.2 Å². The van der Waals surface area contributed by atoms with E-state index >= 15 is 0 Å². The highest BCUT2D eigenvalue weighted by Gasteiger charge is 2.39. The molecule has 8 nitrogen and oxygen atoms in total. The van der Waals surface area contributed by atoms with Gasteiger partial charge in [0, 0.05) is 37.3 Å². The largest absolute Gasteiger partial charge is 0.481 e. The molecule has 28 heavy (non-hydrogen) atoms. The van der Waals surface area contributed by atoms with Crippen LogP contribution in [0.25, 0.3) is 0 Å². The van der Waals surface area contributed by atoms with Crippen molar-refractivity contribution < 1.29 is 19.5 Å². The van der Waals surface area contributed by atoms with Gasteiger partial charge in [0.25, 0.3) is 5.91 Å². The van der Waals surface area contributed by atoms with E-state index in [-0.39, 0.29) is 23.1 Å². The van der Waals surface area contributed by atoms with Crippen LogP contribution in [-0.4, -0.2) is 64.7 Å². The number of nitrogens with two attached hydrogens (primary N) is 1. The second-order valence-corrected chi connectivity index (χ2v) is 7.73. The maximum absolute atomic E-state index is 12.7. The molecule has 2 aliphatic heterocycles. The number of nitrogens with zero attached hydrogens (tertiary/aromatic N) is 2. The van der Waals surface area contributed by atoms with Crippen molar-refractivity contribution in [3.8, 4) is 0 Å². The number of nitrogen functional groups attached to an aromatic ring is 1. The van der Waals surface area contributed by atoms with Gasteiger partial charge in [-0.3, -0.25) is 19.8 Å². The van der Waals surface area contributed by atoms with Gasteiger partial charge in [-0.15, -0.1) is 0 Å². The maximum atomic E-state index is 12.7. The summed E-state index contributed by atoms with van der Waals surface area (Å²) in [4.78, 5) is 38.9. The fourth-order valence-electron chi connectivity index (χ4n) is 4.13. The molecule has 2 heterocycles. The van der Waals surface area contributed by atoms with Crippen LogP contribution in [0.5, 0.6) is 0 Å². The summed E-state index contributed by atoms with van der Waals surface area (Å²) in [5, 5.41) is 16.2. The quantitative estimate of drug-likeness (QED) is 0.408. The number of carboxylic acid groups (broad SMARTS) is 1. The van der Waals surface area contributed by atoms with Gasteiger partial charge >= 0.3 is 5.97 Å². The Morgan fingerprint density at radius 3 is 1.86 bits per heavy atom. The van der Waals surface area contributed by atoms with Crippen LogP contribution in [0, 0.1) is 10.8 Å². The van der Waals surface area contributed by atoms with Gasteiger partial charge in [-0.1, -0.05) is 12.1 Å². The van der Waals surface area contributed by atoms with Crippen LogP contribution in [0.4, 0.5) is 0 Å². The summed E-state index contributed by atoms with van der Waals surface area (Å²) in [5.74, 6) is -1.44. The highest BCUT2D eigenvalue weighted by atomic mass is 16.4. The molecule has 0 unspecified atom stereocenters. The third kappa shape index (κ3) is 4.32. The van der Waals surface area contributed by atoms with Crippen LogP contribution in [0.3, 0.4) is 0 Å². The molecule has 0 atom stereocenters. The first-order valence-corrected chi connectivity index (χ1v) is 9.53. The van der Waals surface area contributed by atoms with Crippen molar-refractivity contribution in [2.75, 3.05) is 26.2 Å². The van der Waals surface area contributed by atoms with E-state index in [9.17, 15) is 14.4 Å². The molecule has 1 spiro atoms. The van der Waals surface area contributed by atoms with Crippen molar-refractivity contribution in [2.24, 2.45) is 11.1 Å². The molecule has 2 amide bonds. The number of likely N-dealkylation sites (tertiary alicyclic amines) is 2. The third-order valence-corrected chi connectivity index (χ3v) is 6.03. The van der Waals surface area contributed by atoms with Crippen molar-refractivity contribution in [1.29, 1.82) is 5.41 Å². The number of aliphatic carboxylic acids is 1.